The maximum absolute atomic E-state index is 12.1. The van der Waals surface area contributed by atoms with Gasteiger partial charge in [0.25, 0.3) is 5.69 Å². The number of carbonyl (C=O) groups is 1. The third-order valence-electron chi connectivity index (χ3n) is 3.77. The quantitative estimate of drug-likeness (QED) is 0.423. The molecule has 0 fully saturated rings. The van der Waals surface area contributed by atoms with E-state index in [4.69, 9.17) is 11.6 Å². The summed E-state index contributed by atoms with van der Waals surface area (Å²) in [5.74, 6) is 0.268. The van der Waals surface area contributed by atoms with Crippen LogP contribution >= 0.6 is 11.6 Å². The fourth-order valence-corrected chi connectivity index (χ4v) is 2.65. The molecule has 1 amide bonds. The second kappa shape index (κ2) is 7.32. The fraction of sp³-hybridized carbons (Fsp3) is 0.118. The minimum Gasteiger partial charge on any atom is -0.331 e. The number of hydrazone groups is 1. The van der Waals surface area contributed by atoms with E-state index in [-0.39, 0.29) is 23.0 Å². The van der Waals surface area contributed by atoms with Crippen LogP contribution in [0.2, 0.25) is 5.02 Å². The highest BCUT2D eigenvalue weighted by atomic mass is 35.5. The average molecular weight is 372 g/mol. The Labute approximate surface area is 153 Å². The number of amides is 1. The Morgan fingerprint density at radius 1 is 1.38 bits per heavy atom. The van der Waals surface area contributed by atoms with Gasteiger partial charge in [0.05, 0.1) is 28.6 Å². The number of carbonyl (C=O) groups excluding carboxylic acids is 1. The van der Waals surface area contributed by atoms with E-state index >= 15 is 0 Å². The first-order chi connectivity index (χ1) is 12.5. The van der Waals surface area contributed by atoms with Gasteiger partial charge in [-0.25, -0.2) is 10.4 Å². The normalized spacial score (nSPS) is 11.2. The summed E-state index contributed by atoms with van der Waals surface area (Å²) in [6.45, 7) is 0. The molecule has 0 aliphatic rings. The number of benzene rings is 2. The third kappa shape index (κ3) is 3.70. The van der Waals surface area contributed by atoms with Crippen LogP contribution in [0.1, 0.15) is 11.4 Å². The van der Waals surface area contributed by atoms with Crippen molar-refractivity contribution in [3.63, 3.8) is 0 Å². The van der Waals surface area contributed by atoms with Crippen LogP contribution in [-0.2, 0) is 18.3 Å². The molecule has 132 valence electrons. The number of fused-ring (bicyclic) bond motifs is 1. The van der Waals surface area contributed by atoms with Crippen LogP contribution in [0, 0.1) is 10.1 Å². The van der Waals surface area contributed by atoms with Crippen molar-refractivity contribution in [2.75, 3.05) is 0 Å². The largest absolute Gasteiger partial charge is 0.331 e. The maximum Gasteiger partial charge on any atom is 0.288 e. The highest BCUT2D eigenvalue weighted by molar-refractivity contribution is 6.32. The molecule has 0 unspecified atom stereocenters. The van der Waals surface area contributed by atoms with Gasteiger partial charge in [0.2, 0.25) is 5.91 Å². The number of rotatable bonds is 5. The lowest BCUT2D eigenvalue weighted by Gasteiger charge is -2.01. The summed E-state index contributed by atoms with van der Waals surface area (Å²) in [5.41, 5.74) is 4.37. The number of nitrogens with zero attached hydrogens (tertiary/aromatic N) is 4. The highest BCUT2D eigenvalue weighted by Gasteiger charge is 2.13. The van der Waals surface area contributed by atoms with Crippen molar-refractivity contribution in [3.8, 4) is 0 Å². The molecule has 1 heterocycles. The van der Waals surface area contributed by atoms with Gasteiger partial charge in [0.15, 0.2) is 0 Å². The Balaban J connectivity index is 1.67. The van der Waals surface area contributed by atoms with E-state index in [9.17, 15) is 14.9 Å². The predicted octanol–water partition coefficient (Wildman–Crippen LogP) is 2.83. The van der Waals surface area contributed by atoms with Crippen molar-refractivity contribution in [1.82, 2.24) is 15.0 Å². The number of aryl methyl sites for hydroxylation is 1. The van der Waals surface area contributed by atoms with Gasteiger partial charge in [-0.1, -0.05) is 29.8 Å². The van der Waals surface area contributed by atoms with Crippen LogP contribution in [0.4, 0.5) is 5.69 Å². The van der Waals surface area contributed by atoms with Crippen LogP contribution in [0.25, 0.3) is 11.0 Å². The van der Waals surface area contributed by atoms with Crippen molar-refractivity contribution >= 4 is 40.4 Å². The zero-order valence-electron chi connectivity index (χ0n) is 13.7. The number of nitro groups is 1. The molecule has 1 aromatic heterocycles. The molecule has 0 aliphatic carbocycles. The van der Waals surface area contributed by atoms with Gasteiger partial charge in [-0.15, -0.1) is 0 Å². The Bertz CT molecular complexity index is 1030. The van der Waals surface area contributed by atoms with E-state index in [0.29, 0.717) is 11.4 Å². The first-order valence-electron chi connectivity index (χ1n) is 7.62. The van der Waals surface area contributed by atoms with E-state index in [0.717, 1.165) is 11.0 Å². The Kier molecular flexibility index (Phi) is 4.94. The summed E-state index contributed by atoms with van der Waals surface area (Å²) in [4.78, 5) is 26.8. The highest BCUT2D eigenvalue weighted by Crippen LogP contribution is 2.24. The lowest BCUT2D eigenvalue weighted by molar-refractivity contribution is -0.384. The molecule has 0 radical (unpaired) electrons. The predicted molar refractivity (Wildman–Crippen MR) is 98.3 cm³/mol. The Hall–Kier alpha value is -3.26. The summed E-state index contributed by atoms with van der Waals surface area (Å²) in [7, 11) is 1.84. The van der Waals surface area contributed by atoms with Crippen molar-refractivity contribution in [1.29, 1.82) is 0 Å². The minimum absolute atomic E-state index is 0.0398. The number of aromatic nitrogens is 2. The first kappa shape index (κ1) is 17.6. The smallest absolute Gasteiger partial charge is 0.288 e. The van der Waals surface area contributed by atoms with E-state index in [1.165, 1.54) is 18.3 Å². The Morgan fingerprint density at radius 3 is 2.88 bits per heavy atom. The standard InChI is InChI=1S/C17H14ClN5O3/c1-22-14-5-3-2-4-13(14)20-16(22)9-17(24)21-19-10-11-6-7-12(18)15(8-11)23(25)26/h2-8,10H,9H2,1H3,(H,21,24)/b19-10+. The second-order valence-corrected chi connectivity index (χ2v) is 5.92. The van der Waals surface area contributed by atoms with Gasteiger partial charge in [0, 0.05) is 18.7 Å². The van der Waals surface area contributed by atoms with Crippen LogP contribution < -0.4 is 5.43 Å². The van der Waals surface area contributed by atoms with Crippen LogP contribution in [-0.4, -0.2) is 26.6 Å². The van der Waals surface area contributed by atoms with E-state index in [2.05, 4.69) is 15.5 Å². The van der Waals surface area contributed by atoms with Gasteiger partial charge < -0.3 is 4.57 Å². The zero-order valence-corrected chi connectivity index (χ0v) is 14.5. The zero-order chi connectivity index (χ0) is 18.7. The molecule has 8 nitrogen and oxygen atoms in total. The summed E-state index contributed by atoms with van der Waals surface area (Å²) < 4.78 is 1.85. The van der Waals surface area contributed by atoms with Gasteiger partial charge in [-0.2, -0.15) is 5.10 Å². The molecular weight excluding hydrogens is 358 g/mol. The van der Waals surface area contributed by atoms with Crippen LogP contribution in [0.15, 0.2) is 47.6 Å². The summed E-state index contributed by atoms with van der Waals surface area (Å²) in [5, 5.41) is 14.7. The molecule has 2 aromatic carbocycles. The fourth-order valence-electron chi connectivity index (χ4n) is 2.47. The first-order valence-corrected chi connectivity index (χ1v) is 7.99. The van der Waals surface area contributed by atoms with E-state index in [1.54, 1.807) is 6.07 Å². The van der Waals surface area contributed by atoms with Crippen molar-refractivity contribution in [2.24, 2.45) is 12.1 Å². The minimum atomic E-state index is -0.579. The van der Waals surface area contributed by atoms with Gasteiger partial charge in [0.1, 0.15) is 10.8 Å². The third-order valence-corrected chi connectivity index (χ3v) is 4.09. The molecule has 0 spiro atoms. The van der Waals surface area contributed by atoms with Crippen molar-refractivity contribution < 1.29 is 9.72 Å². The molecule has 0 atom stereocenters. The Morgan fingerprint density at radius 2 is 2.15 bits per heavy atom. The number of nitrogens with one attached hydrogen (secondary N) is 1. The SMILES string of the molecule is Cn1c(CC(=O)N/N=C/c2ccc(Cl)c([N+](=O)[O-])c2)nc2ccccc21. The van der Waals surface area contributed by atoms with Crippen molar-refractivity contribution in [3.05, 3.63) is 69.0 Å². The summed E-state index contributed by atoms with van der Waals surface area (Å²) >= 11 is 5.75. The number of halogens is 1. The van der Waals surface area contributed by atoms with E-state index in [1.807, 2.05) is 35.9 Å². The monoisotopic (exact) mass is 371 g/mol. The van der Waals surface area contributed by atoms with Crippen molar-refractivity contribution in [2.45, 2.75) is 6.42 Å². The molecule has 26 heavy (non-hydrogen) atoms. The summed E-state index contributed by atoms with van der Waals surface area (Å²) in [6, 6.07) is 11.8. The molecule has 0 saturated heterocycles. The molecule has 1 N–H and O–H groups in total. The van der Waals surface area contributed by atoms with Crippen LogP contribution in [0.5, 0.6) is 0 Å². The topological polar surface area (TPSA) is 102 Å². The molecule has 0 bridgehead atoms. The van der Waals surface area contributed by atoms with Gasteiger partial charge in [-0.3, -0.25) is 14.9 Å². The lowest BCUT2D eigenvalue weighted by atomic mass is 10.2. The lowest BCUT2D eigenvalue weighted by Crippen LogP contribution is -2.21. The number of hydrogen-bond donors (Lipinski definition) is 1. The van der Waals surface area contributed by atoms with Gasteiger partial charge >= 0.3 is 0 Å². The molecule has 9 heteroatoms. The van der Waals surface area contributed by atoms with E-state index < -0.39 is 4.92 Å². The number of hydrogen-bond acceptors (Lipinski definition) is 5. The summed E-state index contributed by atoms with van der Waals surface area (Å²) in [6.07, 6.45) is 1.37. The average Bonchev–Trinajstić information content (AvgIpc) is 2.92. The molecule has 3 rings (SSSR count). The van der Waals surface area contributed by atoms with Gasteiger partial charge in [-0.05, 0) is 18.2 Å². The number of nitro benzene ring substituents is 1. The van der Waals surface area contributed by atoms with Crippen LogP contribution in [0.3, 0.4) is 0 Å². The molecule has 0 saturated carbocycles. The number of para-hydroxylation sites is 2. The maximum atomic E-state index is 12.1. The second-order valence-electron chi connectivity index (χ2n) is 5.51. The number of imidazole rings is 1. The molecule has 3 aromatic rings. The molecule has 0 aliphatic heterocycles. The molecular formula is C17H14ClN5O3.